The molecule has 0 spiro atoms. The molecule has 272 valence electrons. The fourth-order valence-corrected chi connectivity index (χ4v) is 7.35. The van der Waals surface area contributed by atoms with Crippen LogP contribution in [0.15, 0.2) is 0 Å². The summed E-state index contributed by atoms with van der Waals surface area (Å²) in [5, 5.41) is 0. The Labute approximate surface area is 288 Å². The average Bonchev–Trinajstić information content (AvgIpc) is 3.03. The van der Waals surface area contributed by atoms with Crippen LogP contribution in [-0.2, 0) is 0 Å². The second kappa shape index (κ2) is 38.4. The van der Waals surface area contributed by atoms with Crippen molar-refractivity contribution in [2.45, 2.75) is 258 Å². The van der Waals surface area contributed by atoms with Crippen molar-refractivity contribution in [2.75, 3.05) is 27.2 Å². The van der Waals surface area contributed by atoms with Gasteiger partial charge in [-0.1, -0.05) is 232 Å². The van der Waals surface area contributed by atoms with Gasteiger partial charge in [-0.05, 0) is 25.7 Å². The predicted octanol–water partition coefficient (Wildman–Crippen LogP) is 15.9. The molecule has 0 aromatic carbocycles. The first kappa shape index (κ1) is 45.0. The molecule has 0 atom stereocenters. The molecule has 1 nitrogen and oxygen atoms in total. The summed E-state index contributed by atoms with van der Waals surface area (Å²) in [6.45, 7) is 7.38. The minimum absolute atomic E-state index is 1.24. The van der Waals surface area contributed by atoms with Crippen molar-refractivity contribution in [2.24, 2.45) is 0 Å². The Kier molecular flexibility index (Phi) is 38.4. The lowest BCUT2D eigenvalue weighted by molar-refractivity contribution is -0.890. The molecule has 45 heavy (non-hydrogen) atoms. The van der Waals surface area contributed by atoms with Crippen LogP contribution in [0.2, 0.25) is 0 Å². The lowest BCUT2D eigenvalue weighted by atomic mass is 10.0. The van der Waals surface area contributed by atoms with Crippen LogP contribution in [0.4, 0.5) is 0 Å². The minimum atomic E-state index is 1.24. The molecular formula is C44H92N+. The highest BCUT2D eigenvalue weighted by atomic mass is 15.3. The molecule has 0 rings (SSSR count). The Hall–Kier alpha value is -0.0400. The number of rotatable bonds is 40. The fourth-order valence-electron chi connectivity index (χ4n) is 7.35. The largest absolute Gasteiger partial charge is 0.328 e. The highest BCUT2D eigenvalue weighted by Gasteiger charge is 2.13. The summed E-state index contributed by atoms with van der Waals surface area (Å²) in [6, 6.07) is 0. The lowest BCUT2D eigenvalue weighted by Gasteiger charge is -2.30. The summed E-state index contributed by atoms with van der Waals surface area (Å²) in [4.78, 5) is 0. The van der Waals surface area contributed by atoms with Gasteiger partial charge in [-0.2, -0.15) is 0 Å². The van der Waals surface area contributed by atoms with Gasteiger partial charge in [0.15, 0.2) is 0 Å². The van der Waals surface area contributed by atoms with Gasteiger partial charge >= 0.3 is 0 Å². The van der Waals surface area contributed by atoms with Crippen LogP contribution in [0.25, 0.3) is 0 Å². The Morgan fingerprint density at radius 3 is 0.511 bits per heavy atom. The zero-order valence-corrected chi connectivity index (χ0v) is 32.7. The topological polar surface area (TPSA) is 0 Å². The summed E-state index contributed by atoms with van der Waals surface area (Å²) < 4.78 is 1.24. The van der Waals surface area contributed by atoms with Crippen molar-refractivity contribution in [1.82, 2.24) is 0 Å². The molecule has 0 amide bonds. The standard InChI is InChI=1S/C44H92N/c1-5-7-9-11-12-13-14-15-16-17-18-19-20-21-22-23-24-25-26-27-28-29-30-31-32-33-34-35-36-37-38-39-40-42-44-45(3,4)43-41-10-8-6-2/h5-44H2,1-4H3/q+1. The van der Waals surface area contributed by atoms with Crippen LogP contribution in [0, 0.1) is 0 Å². The van der Waals surface area contributed by atoms with E-state index in [0.717, 1.165) is 0 Å². The summed E-state index contributed by atoms with van der Waals surface area (Å²) >= 11 is 0. The SMILES string of the molecule is CCCCCCCCCCCCCCCCCCCCCCCCCCCCCCCCCCCC[N+](C)(C)CCCCCC. The highest BCUT2D eigenvalue weighted by Crippen LogP contribution is 2.17. The third-order valence-electron chi connectivity index (χ3n) is 10.7. The van der Waals surface area contributed by atoms with E-state index in [9.17, 15) is 0 Å². The first-order valence-corrected chi connectivity index (χ1v) is 21.9. The molecule has 0 saturated heterocycles. The van der Waals surface area contributed by atoms with Gasteiger partial charge in [0.2, 0.25) is 0 Å². The zero-order valence-electron chi connectivity index (χ0n) is 32.7. The average molecular weight is 635 g/mol. The lowest BCUT2D eigenvalue weighted by Crippen LogP contribution is -2.41. The first-order chi connectivity index (χ1) is 22.1. The van der Waals surface area contributed by atoms with Crippen molar-refractivity contribution in [1.29, 1.82) is 0 Å². The van der Waals surface area contributed by atoms with Crippen LogP contribution in [-0.4, -0.2) is 31.7 Å². The fraction of sp³-hybridized carbons (Fsp3) is 1.00. The van der Waals surface area contributed by atoms with Crippen molar-refractivity contribution in [3.63, 3.8) is 0 Å². The van der Waals surface area contributed by atoms with E-state index in [1.165, 1.54) is 262 Å². The minimum Gasteiger partial charge on any atom is -0.328 e. The van der Waals surface area contributed by atoms with Gasteiger partial charge in [0, 0.05) is 0 Å². The predicted molar refractivity (Wildman–Crippen MR) is 209 cm³/mol. The molecule has 0 unspecified atom stereocenters. The molecule has 1 heteroatoms. The van der Waals surface area contributed by atoms with Crippen LogP contribution in [0.1, 0.15) is 258 Å². The smallest absolute Gasteiger partial charge is 0.0782 e. The molecule has 0 aromatic heterocycles. The molecule has 0 saturated carbocycles. The maximum absolute atomic E-state index is 2.44. The van der Waals surface area contributed by atoms with E-state index >= 15 is 0 Å². The molecule has 0 aliphatic heterocycles. The monoisotopic (exact) mass is 635 g/mol. The van der Waals surface area contributed by atoms with E-state index in [4.69, 9.17) is 0 Å². The zero-order chi connectivity index (χ0) is 32.8. The third kappa shape index (κ3) is 40.1. The highest BCUT2D eigenvalue weighted by molar-refractivity contribution is 4.53. The second-order valence-electron chi connectivity index (χ2n) is 16.1. The number of nitrogens with zero attached hydrogens (tertiary/aromatic N) is 1. The van der Waals surface area contributed by atoms with Crippen LogP contribution in [0.5, 0.6) is 0 Å². The number of unbranched alkanes of at least 4 members (excludes halogenated alkanes) is 36. The van der Waals surface area contributed by atoms with E-state index in [-0.39, 0.29) is 0 Å². The van der Waals surface area contributed by atoms with Crippen LogP contribution >= 0.6 is 0 Å². The van der Waals surface area contributed by atoms with Crippen LogP contribution < -0.4 is 0 Å². The van der Waals surface area contributed by atoms with Gasteiger partial charge in [-0.25, -0.2) is 0 Å². The number of hydrogen-bond acceptors (Lipinski definition) is 0. The number of hydrogen-bond donors (Lipinski definition) is 0. The van der Waals surface area contributed by atoms with Gasteiger partial charge in [0.1, 0.15) is 0 Å². The van der Waals surface area contributed by atoms with Crippen molar-refractivity contribution < 1.29 is 4.48 Å². The molecule has 0 N–H and O–H groups in total. The van der Waals surface area contributed by atoms with Crippen molar-refractivity contribution in [3.8, 4) is 0 Å². The Balaban J connectivity index is 3.12. The summed E-state index contributed by atoms with van der Waals surface area (Å²) in [7, 11) is 4.88. The van der Waals surface area contributed by atoms with Crippen molar-refractivity contribution in [3.05, 3.63) is 0 Å². The Morgan fingerprint density at radius 2 is 0.333 bits per heavy atom. The molecule has 0 aromatic rings. The molecule has 0 heterocycles. The van der Waals surface area contributed by atoms with E-state index in [2.05, 4.69) is 27.9 Å². The molecule has 0 radical (unpaired) electrons. The molecular weight excluding hydrogens is 542 g/mol. The van der Waals surface area contributed by atoms with Gasteiger partial charge < -0.3 is 4.48 Å². The maximum atomic E-state index is 2.44. The van der Waals surface area contributed by atoms with E-state index < -0.39 is 0 Å². The second-order valence-corrected chi connectivity index (χ2v) is 16.1. The summed E-state index contributed by atoms with van der Waals surface area (Å²) in [5.74, 6) is 0. The summed E-state index contributed by atoms with van der Waals surface area (Å²) in [6.07, 6.45) is 56.0. The Morgan fingerprint density at radius 1 is 0.200 bits per heavy atom. The quantitative estimate of drug-likeness (QED) is 0.0465. The molecule has 0 fully saturated rings. The maximum Gasteiger partial charge on any atom is 0.0782 e. The van der Waals surface area contributed by atoms with E-state index in [1.54, 1.807) is 0 Å². The first-order valence-electron chi connectivity index (χ1n) is 21.9. The van der Waals surface area contributed by atoms with Crippen molar-refractivity contribution >= 4 is 0 Å². The van der Waals surface area contributed by atoms with E-state index in [1.807, 2.05) is 0 Å². The van der Waals surface area contributed by atoms with Gasteiger partial charge in [0.05, 0.1) is 27.2 Å². The molecule has 0 bridgehead atoms. The third-order valence-corrected chi connectivity index (χ3v) is 10.7. The molecule has 0 aliphatic rings. The van der Waals surface area contributed by atoms with Gasteiger partial charge in [0.25, 0.3) is 0 Å². The molecule has 0 aliphatic carbocycles. The Bertz CT molecular complexity index is 511. The van der Waals surface area contributed by atoms with Gasteiger partial charge in [-0.15, -0.1) is 0 Å². The van der Waals surface area contributed by atoms with Crippen LogP contribution in [0.3, 0.4) is 0 Å². The normalized spacial score (nSPS) is 12.0. The number of quaternary nitrogens is 1. The summed E-state index contributed by atoms with van der Waals surface area (Å²) in [5.41, 5.74) is 0. The van der Waals surface area contributed by atoms with Gasteiger partial charge in [-0.3, -0.25) is 0 Å². The van der Waals surface area contributed by atoms with E-state index in [0.29, 0.717) is 0 Å².